The van der Waals surface area contributed by atoms with E-state index in [2.05, 4.69) is 21.3 Å². The van der Waals surface area contributed by atoms with Crippen molar-refractivity contribution < 1.29 is 48.0 Å². The largest absolute Gasteiger partial charge is 3.00 e. The van der Waals surface area contributed by atoms with E-state index in [-0.39, 0.29) is 42.6 Å². The number of rotatable bonds is 0. The summed E-state index contributed by atoms with van der Waals surface area (Å²) in [5.41, 5.74) is 0. The van der Waals surface area contributed by atoms with Crippen molar-refractivity contribution in [2.75, 3.05) is 0 Å². The summed E-state index contributed by atoms with van der Waals surface area (Å²) in [5.74, 6) is 0. The molecule has 3 N–H and O–H groups in total. The topological polar surface area (TPSA) is 60.7 Å². The van der Waals surface area contributed by atoms with Crippen LogP contribution in [0.25, 0.3) is 0 Å². The standard InChI is InChI=1S/3CH3O.H3P.Y/c3*1-2;;/h3*2H,1H2;1H3;/q3*-1;;+3. The first-order chi connectivity index (χ1) is 3.00. The van der Waals surface area contributed by atoms with Crippen molar-refractivity contribution in [3.63, 3.8) is 0 Å². The van der Waals surface area contributed by atoms with Crippen LogP contribution < -0.4 is 0 Å². The molecule has 1 atom stereocenters. The Kier molecular flexibility index (Phi) is 989. The Labute approximate surface area is 79.0 Å². The number of hydrogen-bond acceptors (Lipinski definition) is 3. The van der Waals surface area contributed by atoms with E-state index in [0.29, 0.717) is 0 Å². The van der Waals surface area contributed by atoms with Gasteiger partial charge in [0, 0.05) is 0 Å². The normalized spacial score (nSPS) is 2.25. The molecule has 0 rings (SSSR count). The first-order valence-electron chi connectivity index (χ1n) is 0.949. The molecule has 0 saturated carbocycles. The number of hydrogen-bond donors (Lipinski definition) is 3. The fourth-order valence-electron chi connectivity index (χ4n) is 0. The van der Waals surface area contributed by atoms with E-state index in [1.54, 1.807) is 0 Å². The monoisotopic (exact) mass is 216 g/mol. The van der Waals surface area contributed by atoms with Gasteiger partial charge in [-0.05, 0) is 0 Å². The molecular weight excluding hydrogens is 204 g/mol. The van der Waals surface area contributed by atoms with Crippen LogP contribution >= 0.6 is 9.90 Å². The summed E-state index contributed by atoms with van der Waals surface area (Å²) in [7, 11) is 6.75. The van der Waals surface area contributed by atoms with Crippen molar-refractivity contribution in [2.24, 2.45) is 0 Å². The maximum absolute atomic E-state index is 6.75. The molecule has 0 aromatic heterocycles. The number of aliphatic hydroxyl groups is 3. The van der Waals surface area contributed by atoms with Gasteiger partial charge in [0.05, 0.1) is 0 Å². The van der Waals surface area contributed by atoms with Crippen LogP contribution in [-0.2, 0) is 32.7 Å². The van der Waals surface area contributed by atoms with Gasteiger partial charge in [0.2, 0.25) is 0 Å². The maximum atomic E-state index is 6.75. The maximum Gasteiger partial charge on any atom is 3.00 e. The van der Waals surface area contributed by atoms with Crippen LogP contribution in [0.3, 0.4) is 0 Å². The summed E-state index contributed by atoms with van der Waals surface area (Å²) in [6.07, 6.45) is 0. The molecule has 0 radical (unpaired) electrons. The Morgan fingerprint density at radius 2 is 0.625 bits per heavy atom. The second-order valence-electron chi connectivity index (χ2n) is 0. The van der Waals surface area contributed by atoms with Gasteiger partial charge in [0.15, 0.2) is 0 Å². The Hall–Kier alpha value is 1.41. The first kappa shape index (κ1) is 34.2. The summed E-state index contributed by atoms with van der Waals surface area (Å²) >= 11 is 0. The quantitative estimate of drug-likeness (QED) is 0.408. The zero-order valence-corrected chi connectivity index (χ0v) is 9.00. The van der Waals surface area contributed by atoms with Crippen LogP contribution in [-0.4, -0.2) is 15.3 Å². The molecule has 5 heteroatoms. The predicted octanol–water partition coefficient (Wildman–Crippen LogP) is 0.507. The van der Waals surface area contributed by atoms with Crippen LogP contribution in [0.1, 0.15) is 0 Å². The predicted molar refractivity (Wildman–Crippen MR) is 33.0 cm³/mol. The Balaban J connectivity index is -0.00000000500. The summed E-state index contributed by atoms with van der Waals surface area (Å²) in [5, 5.41) is 20.2. The number of aliphatic hydroxyl groups excluding tert-OH is 3. The van der Waals surface area contributed by atoms with E-state index in [0.717, 1.165) is 0 Å². The molecule has 0 saturated heterocycles. The minimum atomic E-state index is 0. The molecule has 0 aliphatic rings. The molecule has 0 aliphatic heterocycles. The molecular formula is C3H12O3PY. The smallest absolute Gasteiger partial charge is 0.569 e. The molecule has 0 fully saturated rings. The third kappa shape index (κ3) is 153. The zero-order chi connectivity index (χ0) is 6.00. The molecule has 0 aliphatic carbocycles. The van der Waals surface area contributed by atoms with Gasteiger partial charge in [-0.15, -0.1) is 0 Å². The van der Waals surface area contributed by atoms with Crippen LogP contribution in [0, 0.1) is 21.3 Å². The van der Waals surface area contributed by atoms with E-state index >= 15 is 0 Å². The summed E-state index contributed by atoms with van der Waals surface area (Å²) in [6.45, 7) is 0. The molecule has 50 valence electrons. The SMILES string of the molecule is P.[CH2-]O.[CH2-]O.[CH2-]O.[Y+3]. The van der Waals surface area contributed by atoms with Crippen molar-refractivity contribution in [1.29, 1.82) is 0 Å². The van der Waals surface area contributed by atoms with Gasteiger partial charge in [0.1, 0.15) is 0 Å². The molecule has 3 nitrogen and oxygen atoms in total. The van der Waals surface area contributed by atoms with Crippen molar-refractivity contribution in [2.45, 2.75) is 0 Å². The van der Waals surface area contributed by atoms with Crippen molar-refractivity contribution in [3.05, 3.63) is 21.3 Å². The first-order valence-corrected chi connectivity index (χ1v) is 0.949. The minimum Gasteiger partial charge on any atom is -0.569 e. The zero-order valence-electron chi connectivity index (χ0n) is 4.75. The van der Waals surface area contributed by atoms with Gasteiger partial charge in [-0.25, -0.2) is 21.3 Å². The van der Waals surface area contributed by atoms with E-state index in [4.69, 9.17) is 15.3 Å². The van der Waals surface area contributed by atoms with Gasteiger partial charge >= 0.3 is 32.7 Å². The van der Waals surface area contributed by atoms with Crippen molar-refractivity contribution in [3.8, 4) is 0 Å². The minimum absolute atomic E-state index is 0. The van der Waals surface area contributed by atoms with E-state index in [9.17, 15) is 0 Å². The van der Waals surface area contributed by atoms with Crippen LogP contribution in [0.5, 0.6) is 0 Å². The fourth-order valence-corrected chi connectivity index (χ4v) is 0. The second kappa shape index (κ2) is 231. The van der Waals surface area contributed by atoms with Crippen LogP contribution in [0.15, 0.2) is 0 Å². The van der Waals surface area contributed by atoms with Gasteiger partial charge in [-0.2, -0.15) is 9.90 Å². The van der Waals surface area contributed by atoms with E-state index in [1.807, 2.05) is 0 Å². The van der Waals surface area contributed by atoms with Crippen molar-refractivity contribution >= 4 is 9.90 Å². The summed E-state index contributed by atoms with van der Waals surface area (Å²) < 4.78 is 0. The summed E-state index contributed by atoms with van der Waals surface area (Å²) in [4.78, 5) is 0. The third-order valence-electron chi connectivity index (χ3n) is 0. The van der Waals surface area contributed by atoms with Gasteiger partial charge in [-0.3, -0.25) is 0 Å². The molecule has 0 amide bonds. The van der Waals surface area contributed by atoms with Gasteiger partial charge < -0.3 is 15.3 Å². The molecule has 8 heavy (non-hydrogen) atoms. The second-order valence-corrected chi connectivity index (χ2v) is 0. The Morgan fingerprint density at radius 1 is 0.625 bits per heavy atom. The molecule has 1 unspecified atom stereocenters. The molecule has 0 aromatic rings. The van der Waals surface area contributed by atoms with Crippen molar-refractivity contribution in [1.82, 2.24) is 0 Å². The van der Waals surface area contributed by atoms with Gasteiger partial charge in [-0.1, -0.05) is 0 Å². The average Bonchev–Trinajstić information content (AvgIpc) is 1.81. The van der Waals surface area contributed by atoms with Crippen LogP contribution in [0.2, 0.25) is 0 Å². The van der Waals surface area contributed by atoms with Gasteiger partial charge in [0.25, 0.3) is 0 Å². The Bertz CT molecular complexity index is 14.5. The molecule has 0 heterocycles. The molecule has 0 spiro atoms. The van der Waals surface area contributed by atoms with E-state index in [1.165, 1.54) is 0 Å². The third-order valence-corrected chi connectivity index (χ3v) is 0. The fraction of sp³-hybridized carbons (Fsp3) is 0. The average molecular weight is 216 g/mol. The van der Waals surface area contributed by atoms with Crippen LogP contribution in [0.4, 0.5) is 0 Å². The van der Waals surface area contributed by atoms with E-state index < -0.39 is 0 Å². The molecule has 0 aromatic carbocycles. The molecule has 0 bridgehead atoms. The Morgan fingerprint density at radius 3 is 0.625 bits per heavy atom. The summed E-state index contributed by atoms with van der Waals surface area (Å²) in [6, 6.07) is 0.